The summed E-state index contributed by atoms with van der Waals surface area (Å²) in [7, 11) is 0. The van der Waals surface area contributed by atoms with Gasteiger partial charge in [0.1, 0.15) is 0 Å². The lowest BCUT2D eigenvalue weighted by Crippen LogP contribution is -1.76. The van der Waals surface area contributed by atoms with Crippen LogP contribution in [0.25, 0.3) is 22.2 Å². The van der Waals surface area contributed by atoms with Gasteiger partial charge in [-0.2, -0.15) is 0 Å². The van der Waals surface area contributed by atoms with Gasteiger partial charge in [0.25, 0.3) is 0 Å². The van der Waals surface area contributed by atoms with Crippen LogP contribution in [0.5, 0.6) is 0 Å². The molecule has 3 aromatic rings. The summed E-state index contributed by atoms with van der Waals surface area (Å²) in [5, 5.41) is 1.25. The molecule has 3 rings (SSSR count). The molecule has 0 spiro atoms. The number of benzene rings is 1. The van der Waals surface area contributed by atoms with Crippen molar-refractivity contribution in [2.75, 3.05) is 0 Å². The molecule has 2 heterocycles. The Hall–Kier alpha value is -1.96. The molecule has 0 fully saturated rings. The molecule has 2 nitrogen and oxygen atoms in total. The van der Waals surface area contributed by atoms with E-state index >= 15 is 0 Å². The topological polar surface area (TPSA) is 31.6 Å². The maximum Gasteiger partial charge on any atom is 0.0460 e. The van der Waals surface area contributed by atoms with Crippen LogP contribution in [0.15, 0.2) is 48.8 Å². The third-order valence-electron chi connectivity index (χ3n) is 2.46. The van der Waals surface area contributed by atoms with E-state index in [2.05, 4.69) is 40.3 Å². The fourth-order valence-electron chi connectivity index (χ4n) is 1.73. The van der Waals surface area contributed by atoms with Gasteiger partial charge in [-0.1, -0.05) is 12.1 Å². The van der Waals surface area contributed by atoms with Crippen molar-refractivity contribution in [2.45, 2.75) is 0 Å². The fraction of sp³-hybridized carbons (Fsp3) is 0. The highest BCUT2D eigenvalue weighted by molar-refractivity contribution is 5.84. The maximum atomic E-state index is 3.21. The Kier molecular flexibility index (Phi) is 1.47. The zero-order valence-electron chi connectivity index (χ0n) is 7.62. The van der Waals surface area contributed by atoms with E-state index in [0.717, 1.165) is 5.69 Å². The molecule has 68 valence electrons. The van der Waals surface area contributed by atoms with Gasteiger partial charge in [-0.15, -0.1) is 0 Å². The molecule has 0 radical (unpaired) electrons. The average Bonchev–Trinajstić information content (AvgIpc) is 2.88. The van der Waals surface area contributed by atoms with Crippen molar-refractivity contribution in [1.29, 1.82) is 0 Å². The lowest BCUT2D eigenvalue weighted by molar-refractivity contribution is 1.40. The van der Waals surface area contributed by atoms with Crippen molar-refractivity contribution in [3.63, 3.8) is 0 Å². The van der Waals surface area contributed by atoms with Crippen LogP contribution in [0.3, 0.4) is 0 Å². The Morgan fingerprint density at radius 3 is 2.71 bits per heavy atom. The lowest BCUT2D eigenvalue weighted by Gasteiger charge is -1.97. The molecular weight excluding hydrogens is 172 g/mol. The summed E-state index contributed by atoms with van der Waals surface area (Å²) in [6, 6.07) is 12.6. The molecule has 14 heavy (non-hydrogen) atoms. The summed E-state index contributed by atoms with van der Waals surface area (Å²) in [6.45, 7) is 0. The highest BCUT2D eigenvalue weighted by Gasteiger charge is 1.99. The third kappa shape index (κ3) is 1.04. The number of rotatable bonds is 1. The van der Waals surface area contributed by atoms with Gasteiger partial charge in [0, 0.05) is 29.2 Å². The summed E-state index contributed by atoms with van der Waals surface area (Å²) >= 11 is 0. The molecule has 2 heteroatoms. The minimum absolute atomic E-state index is 1.15. The Morgan fingerprint density at radius 2 is 1.86 bits per heavy atom. The summed E-state index contributed by atoms with van der Waals surface area (Å²) in [6.07, 6.45) is 3.90. The van der Waals surface area contributed by atoms with E-state index < -0.39 is 0 Å². The van der Waals surface area contributed by atoms with Crippen LogP contribution in [0, 0.1) is 0 Å². The Balaban J connectivity index is 2.23. The van der Waals surface area contributed by atoms with E-state index in [9.17, 15) is 0 Å². The first-order chi connectivity index (χ1) is 6.93. The minimum Gasteiger partial charge on any atom is -0.361 e. The zero-order valence-corrected chi connectivity index (χ0v) is 7.62. The van der Waals surface area contributed by atoms with Gasteiger partial charge in [0.2, 0.25) is 0 Å². The summed E-state index contributed by atoms with van der Waals surface area (Å²) in [5.74, 6) is 0. The average molecular weight is 182 g/mol. The van der Waals surface area contributed by atoms with Crippen LogP contribution in [-0.4, -0.2) is 9.97 Å². The number of aromatic amines is 2. The number of nitrogens with one attached hydrogen (secondary N) is 2. The predicted molar refractivity (Wildman–Crippen MR) is 58.1 cm³/mol. The van der Waals surface area contributed by atoms with E-state index in [1.165, 1.54) is 16.5 Å². The monoisotopic (exact) mass is 182 g/mol. The van der Waals surface area contributed by atoms with Gasteiger partial charge in [0.05, 0.1) is 0 Å². The van der Waals surface area contributed by atoms with Crippen molar-refractivity contribution < 1.29 is 0 Å². The van der Waals surface area contributed by atoms with E-state index in [1.807, 2.05) is 18.5 Å². The first kappa shape index (κ1) is 7.44. The Morgan fingerprint density at radius 1 is 0.857 bits per heavy atom. The number of fused-ring (bicyclic) bond motifs is 1. The Bertz CT molecular complexity index is 546. The number of hydrogen-bond donors (Lipinski definition) is 2. The SMILES string of the molecule is c1c[nH]c(-c2ccc3cc[nH]c3c2)c1. The second kappa shape index (κ2) is 2.77. The van der Waals surface area contributed by atoms with Crippen LogP contribution in [-0.2, 0) is 0 Å². The van der Waals surface area contributed by atoms with Crippen molar-refractivity contribution in [3.8, 4) is 11.3 Å². The van der Waals surface area contributed by atoms with Crippen LogP contribution < -0.4 is 0 Å². The largest absolute Gasteiger partial charge is 0.361 e. The van der Waals surface area contributed by atoms with Crippen molar-refractivity contribution >= 4 is 10.9 Å². The van der Waals surface area contributed by atoms with Gasteiger partial charge in [-0.25, -0.2) is 0 Å². The molecule has 0 saturated carbocycles. The van der Waals surface area contributed by atoms with Crippen molar-refractivity contribution in [1.82, 2.24) is 9.97 Å². The molecule has 0 amide bonds. The van der Waals surface area contributed by atoms with E-state index in [-0.39, 0.29) is 0 Å². The predicted octanol–water partition coefficient (Wildman–Crippen LogP) is 3.16. The number of aromatic nitrogens is 2. The van der Waals surface area contributed by atoms with Crippen LogP contribution >= 0.6 is 0 Å². The molecule has 2 N–H and O–H groups in total. The van der Waals surface area contributed by atoms with Crippen molar-refractivity contribution in [2.24, 2.45) is 0 Å². The highest BCUT2D eigenvalue weighted by Crippen LogP contribution is 2.21. The number of hydrogen-bond acceptors (Lipinski definition) is 0. The van der Waals surface area contributed by atoms with Gasteiger partial charge in [0.15, 0.2) is 0 Å². The van der Waals surface area contributed by atoms with Gasteiger partial charge >= 0.3 is 0 Å². The fourth-order valence-corrected chi connectivity index (χ4v) is 1.73. The highest BCUT2D eigenvalue weighted by atomic mass is 14.7. The molecule has 0 bridgehead atoms. The maximum absolute atomic E-state index is 3.21. The van der Waals surface area contributed by atoms with Gasteiger partial charge in [-0.05, 0) is 29.7 Å². The second-order valence-electron chi connectivity index (χ2n) is 3.36. The first-order valence-corrected chi connectivity index (χ1v) is 4.64. The zero-order chi connectivity index (χ0) is 9.38. The van der Waals surface area contributed by atoms with Crippen LogP contribution in [0.4, 0.5) is 0 Å². The molecular formula is C12H10N2. The lowest BCUT2D eigenvalue weighted by atomic mass is 10.1. The van der Waals surface area contributed by atoms with E-state index in [4.69, 9.17) is 0 Å². The molecule has 0 unspecified atom stereocenters. The van der Waals surface area contributed by atoms with Gasteiger partial charge < -0.3 is 9.97 Å². The molecule has 0 aliphatic carbocycles. The quantitative estimate of drug-likeness (QED) is 0.579. The molecule has 1 aromatic carbocycles. The first-order valence-electron chi connectivity index (χ1n) is 4.64. The summed E-state index contributed by atoms with van der Waals surface area (Å²) in [4.78, 5) is 6.40. The molecule has 0 saturated heterocycles. The van der Waals surface area contributed by atoms with E-state index in [1.54, 1.807) is 0 Å². The number of H-pyrrole nitrogens is 2. The molecule has 0 aliphatic rings. The second-order valence-corrected chi connectivity index (χ2v) is 3.36. The molecule has 0 atom stereocenters. The molecule has 2 aromatic heterocycles. The summed E-state index contributed by atoms with van der Waals surface area (Å²) < 4.78 is 0. The van der Waals surface area contributed by atoms with Crippen molar-refractivity contribution in [3.05, 3.63) is 48.8 Å². The summed E-state index contributed by atoms with van der Waals surface area (Å²) in [5.41, 5.74) is 3.54. The normalized spacial score (nSPS) is 10.9. The molecule has 0 aliphatic heterocycles. The van der Waals surface area contributed by atoms with Gasteiger partial charge in [-0.3, -0.25) is 0 Å². The smallest absolute Gasteiger partial charge is 0.0460 e. The van der Waals surface area contributed by atoms with Crippen LogP contribution in [0.1, 0.15) is 0 Å². The standard InChI is InChI=1S/C12H10N2/c1-2-11(13-6-1)10-4-3-9-5-7-14-12(9)8-10/h1-8,13-14H. The van der Waals surface area contributed by atoms with Crippen LogP contribution in [0.2, 0.25) is 0 Å². The third-order valence-corrected chi connectivity index (χ3v) is 2.46. The minimum atomic E-state index is 1.15. The Labute approximate surface area is 81.6 Å². The van der Waals surface area contributed by atoms with E-state index in [0.29, 0.717) is 0 Å².